The molecule has 3 aromatic carbocycles. The highest BCUT2D eigenvalue weighted by Crippen LogP contribution is 2.37. The van der Waals surface area contributed by atoms with Crippen LogP contribution in [-0.4, -0.2) is 25.9 Å². The van der Waals surface area contributed by atoms with E-state index in [1.54, 1.807) is 4.90 Å². The van der Waals surface area contributed by atoms with E-state index in [1.807, 2.05) is 66.7 Å². The molecule has 0 unspecified atom stereocenters. The van der Waals surface area contributed by atoms with E-state index >= 15 is 0 Å². The first-order chi connectivity index (χ1) is 18.4. The third-order valence-electron chi connectivity index (χ3n) is 7.22. The average molecular weight is 548 g/mol. The van der Waals surface area contributed by atoms with Crippen LogP contribution in [0.1, 0.15) is 56.9 Å². The summed E-state index contributed by atoms with van der Waals surface area (Å²) in [5, 5.41) is 0.125. The van der Waals surface area contributed by atoms with Crippen LogP contribution in [-0.2, 0) is 35.5 Å². The van der Waals surface area contributed by atoms with Crippen LogP contribution in [0.5, 0.6) is 5.75 Å². The van der Waals surface area contributed by atoms with Gasteiger partial charge in [0.05, 0.1) is 13.2 Å². The Morgan fingerprint density at radius 3 is 2.03 bits per heavy atom. The van der Waals surface area contributed by atoms with Gasteiger partial charge in [0.1, 0.15) is 12.4 Å². The number of ether oxygens (including phenoxy) is 2. The summed E-state index contributed by atoms with van der Waals surface area (Å²) in [7, 11) is -1.92. The molecular weight excluding hydrogens is 502 g/mol. The smallest absolute Gasteiger partial charge is 0.410 e. The molecule has 0 aliphatic rings. The van der Waals surface area contributed by atoms with Gasteiger partial charge in [-0.25, -0.2) is 4.79 Å². The first kappa shape index (κ1) is 30.4. The molecule has 0 aromatic heterocycles. The van der Waals surface area contributed by atoms with Crippen LogP contribution in [0.15, 0.2) is 78.9 Å². The van der Waals surface area contributed by atoms with Gasteiger partial charge < -0.3 is 13.9 Å². The average Bonchev–Trinajstić information content (AvgIpc) is 2.90. The van der Waals surface area contributed by atoms with Crippen LogP contribution in [0.3, 0.4) is 0 Å². The van der Waals surface area contributed by atoms with Crippen molar-refractivity contribution >= 4 is 14.4 Å². The molecule has 0 N–H and O–H groups in total. The number of hydrogen-bond donors (Lipinski definition) is 0. The van der Waals surface area contributed by atoms with Crippen molar-refractivity contribution in [3.8, 4) is 5.75 Å². The monoisotopic (exact) mass is 547 g/mol. The topological polar surface area (TPSA) is 48.0 Å². The predicted octanol–water partition coefficient (Wildman–Crippen LogP) is 8.58. The molecule has 210 valence electrons. The van der Waals surface area contributed by atoms with Crippen molar-refractivity contribution in [2.24, 2.45) is 5.92 Å². The predicted molar refractivity (Wildman–Crippen MR) is 161 cm³/mol. The molecule has 0 heterocycles. The zero-order chi connectivity index (χ0) is 28.5. The number of amides is 1. The summed E-state index contributed by atoms with van der Waals surface area (Å²) in [4.78, 5) is 15.1. The maximum absolute atomic E-state index is 13.4. The SMILES string of the molecule is CC(C)COc1ccc(CN(Cc2ccccc2CO[Si](C)(C)C(C)(C)C)C(=O)OCc2ccccc2)cc1. The molecule has 0 fully saturated rings. The van der Waals surface area contributed by atoms with Gasteiger partial charge in [-0.3, -0.25) is 4.90 Å². The fourth-order valence-electron chi connectivity index (χ4n) is 3.70. The van der Waals surface area contributed by atoms with Gasteiger partial charge in [0.15, 0.2) is 8.32 Å². The Balaban J connectivity index is 1.78. The second-order valence-electron chi connectivity index (χ2n) is 12.1. The van der Waals surface area contributed by atoms with Crippen molar-refractivity contribution in [3.63, 3.8) is 0 Å². The third kappa shape index (κ3) is 9.55. The number of rotatable bonds is 12. The lowest BCUT2D eigenvalue weighted by Crippen LogP contribution is -2.40. The van der Waals surface area contributed by atoms with Crippen molar-refractivity contribution in [1.29, 1.82) is 0 Å². The zero-order valence-electron chi connectivity index (χ0n) is 24.7. The summed E-state index contributed by atoms with van der Waals surface area (Å²) < 4.78 is 18.1. The molecule has 3 rings (SSSR count). The van der Waals surface area contributed by atoms with E-state index < -0.39 is 8.32 Å². The summed E-state index contributed by atoms with van der Waals surface area (Å²) in [6, 6.07) is 25.9. The van der Waals surface area contributed by atoms with Gasteiger partial charge in [-0.2, -0.15) is 0 Å². The molecule has 1 amide bonds. The molecule has 0 aliphatic heterocycles. The number of hydrogen-bond acceptors (Lipinski definition) is 4. The van der Waals surface area contributed by atoms with E-state index in [1.165, 1.54) is 0 Å². The summed E-state index contributed by atoms with van der Waals surface area (Å²) in [5.74, 6) is 1.29. The maximum atomic E-state index is 13.4. The van der Waals surface area contributed by atoms with E-state index in [-0.39, 0.29) is 17.7 Å². The third-order valence-corrected chi connectivity index (χ3v) is 11.7. The van der Waals surface area contributed by atoms with E-state index in [4.69, 9.17) is 13.9 Å². The second-order valence-corrected chi connectivity index (χ2v) is 16.9. The molecule has 0 bridgehead atoms. The first-order valence-corrected chi connectivity index (χ1v) is 16.7. The van der Waals surface area contributed by atoms with Crippen LogP contribution in [0, 0.1) is 5.92 Å². The largest absolute Gasteiger partial charge is 0.493 e. The molecule has 6 heteroatoms. The van der Waals surface area contributed by atoms with Crippen LogP contribution >= 0.6 is 0 Å². The number of nitrogens with zero attached hydrogens (tertiary/aromatic N) is 1. The van der Waals surface area contributed by atoms with Crippen molar-refractivity contribution in [1.82, 2.24) is 4.90 Å². The van der Waals surface area contributed by atoms with Crippen molar-refractivity contribution in [2.45, 2.75) is 79.1 Å². The maximum Gasteiger partial charge on any atom is 0.410 e. The summed E-state index contributed by atoms with van der Waals surface area (Å²) in [5.41, 5.74) is 4.13. The highest BCUT2D eigenvalue weighted by molar-refractivity contribution is 6.74. The van der Waals surface area contributed by atoms with E-state index in [2.05, 4.69) is 59.8 Å². The minimum absolute atomic E-state index is 0.125. The minimum atomic E-state index is -1.92. The van der Waals surface area contributed by atoms with Gasteiger partial charge in [-0.05, 0) is 58.4 Å². The van der Waals surface area contributed by atoms with E-state index in [0.717, 1.165) is 28.0 Å². The molecule has 0 saturated carbocycles. The van der Waals surface area contributed by atoms with Crippen LogP contribution < -0.4 is 4.74 Å². The van der Waals surface area contributed by atoms with Gasteiger partial charge in [-0.1, -0.05) is 101 Å². The summed E-state index contributed by atoms with van der Waals surface area (Å²) >= 11 is 0. The lowest BCUT2D eigenvalue weighted by Gasteiger charge is -2.36. The fourth-order valence-corrected chi connectivity index (χ4v) is 4.65. The minimum Gasteiger partial charge on any atom is -0.493 e. The first-order valence-electron chi connectivity index (χ1n) is 13.8. The van der Waals surface area contributed by atoms with Gasteiger partial charge in [-0.15, -0.1) is 0 Å². The molecule has 5 nitrogen and oxygen atoms in total. The van der Waals surface area contributed by atoms with Crippen molar-refractivity contribution in [3.05, 3.63) is 101 Å². The summed E-state index contributed by atoms with van der Waals surface area (Å²) in [6.45, 7) is 17.8. The molecule has 0 saturated heterocycles. The number of benzene rings is 3. The lowest BCUT2D eigenvalue weighted by atomic mass is 10.1. The molecule has 3 aromatic rings. The Morgan fingerprint density at radius 2 is 1.41 bits per heavy atom. The second kappa shape index (κ2) is 13.8. The molecule has 0 radical (unpaired) electrons. The van der Waals surface area contributed by atoms with Gasteiger partial charge >= 0.3 is 6.09 Å². The van der Waals surface area contributed by atoms with Crippen molar-refractivity contribution < 1.29 is 18.7 Å². The molecule has 0 atom stereocenters. The Labute approximate surface area is 236 Å². The Hall–Kier alpha value is -3.09. The van der Waals surface area contributed by atoms with Crippen LogP contribution in [0.2, 0.25) is 18.1 Å². The number of carbonyl (C=O) groups excluding carboxylic acids is 1. The molecular formula is C33H45NO4Si. The quantitative estimate of drug-likeness (QED) is 0.213. The normalized spacial score (nSPS) is 11.9. The zero-order valence-corrected chi connectivity index (χ0v) is 25.7. The lowest BCUT2D eigenvalue weighted by molar-refractivity contribution is 0.0908. The Kier molecular flexibility index (Phi) is 10.8. The van der Waals surface area contributed by atoms with Gasteiger partial charge in [0.25, 0.3) is 0 Å². The van der Waals surface area contributed by atoms with Crippen LogP contribution in [0.4, 0.5) is 4.79 Å². The van der Waals surface area contributed by atoms with E-state index in [0.29, 0.717) is 32.2 Å². The standard InChI is InChI=1S/C33H45NO4Si/c1-26(2)23-36-31-19-17-27(18-20-31)21-34(32(35)37-24-28-13-9-8-10-14-28)22-29-15-11-12-16-30(29)25-38-39(6,7)33(3,4)5/h8-20,26H,21-25H2,1-7H3. The fraction of sp³-hybridized carbons (Fsp3) is 0.424. The molecule has 39 heavy (non-hydrogen) atoms. The van der Waals surface area contributed by atoms with Crippen molar-refractivity contribution in [2.75, 3.05) is 6.61 Å². The highest BCUT2D eigenvalue weighted by atomic mass is 28.4. The van der Waals surface area contributed by atoms with E-state index in [9.17, 15) is 4.79 Å². The Bertz CT molecular complexity index is 1170. The molecule has 0 aliphatic carbocycles. The Morgan fingerprint density at radius 1 is 0.795 bits per heavy atom. The van der Waals surface area contributed by atoms with Crippen LogP contribution in [0.25, 0.3) is 0 Å². The highest BCUT2D eigenvalue weighted by Gasteiger charge is 2.37. The number of carbonyl (C=O) groups is 1. The van der Waals surface area contributed by atoms with Gasteiger partial charge in [0.2, 0.25) is 0 Å². The summed E-state index contributed by atoms with van der Waals surface area (Å²) in [6.07, 6.45) is -0.348. The van der Waals surface area contributed by atoms with Gasteiger partial charge in [0, 0.05) is 13.1 Å². The molecule has 0 spiro atoms.